The molecule has 1 aromatic carbocycles. The quantitative estimate of drug-likeness (QED) is 0.649. The van der Waals surface area contributed by atoms with E-state index in [1.165, 1.54) is 0 Å². The Morgan fingerprint density at radius 1 is 1.50 bits per heavy atom. The second-order valence-corrected chi connectivity index (χ2v) is 3.68. The molecule has 0 aromatic heterocycles. The van der Waals surface area contributed by atoms with Gasteiger partial charge in [-0.15, -0.1) is 0 Å². The Morgan fingerprint density at radius 2 is 2.12 bits per heavy atom. The van der Waals surface area contributed by atoms with Crippen molar-refractivity contribution in [1.29, 1.82) is 0 Å². The molecule has 0 heterocycles. The van der Waals surface area contributed by atoms with Crippen molar-refractivity contribution < 1.29 is 23.8 Å². The van der Waals surface area contributed by atoms with Crippen LogP contribution < -0.4 is 5.73 Å². The number of hydrogen-bond donors (Lipinski definition) is 2. The van der Waals surface area contributed by atoms with Gasteiger partial charge in [-0.25, -0.2) is 14.0 Å². The van der Waals surface area contributed by atoms with Gasteiger partial charge in [0.2, 0.25) is 0 Å². The lowest BCUT2D eigenvalue weighted by atomic mass is 10.2. The number of carbonyl (C=O) groups is 2. The minimum absolute atomic E-state index is 0.0276. The number of halogens is 2. The smallest absolute Gasteiger partial charge is 0.341 e. The Balaban J connectivity index is 2.91. The molecule has 0 saturated carbocycles. The molecule has 0 radical (unpaired) electrons. The second-order valence-electron chi connectivity index (χ2n) is 2.82. The topological polar surface area (TPSA) is 89.6 Å². The van der Waals surface area contributed by atoms with Crippen molar-refractivity contribution in [2.24, 2.45) is 0 Å². The van der Waals surface area contributed by atoms with E-state index in [1.54, 1.807) is 0 Å². The summed E-state index contributed by atoms with van der Waals surface area (Å²) in [5.74, 6) is -2.85. The number of carbonyl (C=O) groups excluding carboxylic acids is 1. The molecule has 0 aliphatic heterocycles. The third-order valence-electron chi connectivity index (χ3n) is 1.63. The zero-order valence-corrected chi connectivity index (χ0v) is 9.45. The molecule has 0 bridgehead atoms. The van der Waals surface area contributed by atoms with Crippen molar-refractivity contribution >= 4 is 33.6 Å². The van der Waals surface area contributed by atoms with Gasteiger partial charge in [0.15, 0.2) is 6.61 Å². The van der Waals surface area contributed by atoms with Gasteiger partial charge in [-0.3, -0.25) is 0 Å². The van der Waals surface area contributed by atoms with Gasteiger partial charge in [0, 0.05) is 4.47 Å². The Morgan fingerprint density at radius 3 is 2.69 bits per heavy atom. The molecule has 0 aliphatic rings. The first-order chi connectivity index (χ1) is 7.41. The zero-order chi connectivity index (χ0) is 12.3. The van der Waals surface area contributed by atoms with Crippen LogP contribution in [0.5, 0.6) is 0 Å². The number of esters is 1. The molecule has 5 nitrogen and oxygen atoms in total. The fourth-order valence-corrected chi connectivity index (χ4v) is 1.40. The SMILES string of the molecule is Nc1cc(C(=O)OCC(=O)O)c(Br)cc1F. The molecule has 0 aliphatic carbocycles. The van der Waals surface area contributed by atoms with Crippen molar-refractivity contribution in [3.05, 3.63) is 28.0 Å². The highest BCUT2D eigenvalue weighted by Crippen LogP contribution is 2.23. The van der Waals surface area contributed by atoms with E-state index in [-0.39, 0.29) is 15.7 Å². The Labute approximate surface area is 98.1 Å². The predicted molar refractivity (Wildman–Crippen MR) is 56.4 cm³/mol. The summed E-state index contributed by atoms with van der Waals surface area (Å²) in [5, 5.41) is 8.30. The average molecular weight is 292 g/mol. The number of nitrogen functional groups attached to an aromatic ring is 1. The molecule has 3 N–H and O–H groups in total. The Hall–Kier alpha value is -1.63. The van der Waals surface area contributed by atoms with Crippen molar-refractivity contribution in [2.45, 2.75) is 0 Å². The van der Waals surface area contributed by atoms with Crippen LogP contribution in [-0.2, 0) is 9.53 Å². The number of carboxylic acid groups (broad SMARTS) is 1. The molecule has 1 rings (SSSR count). The van der Waals surface area contributed by atoms with Crippen LogP contribution in [-0.4, -0.2) is 23.7 Å². The summed E-state index contributed by atoms with van der Waals surface area (Å²) in [5.41, 5.74) is 5.02. The van der Waals surface area contributed by atoms with Crippen LogP contribution in [0.3, 0.4) is 0 Å². The number of rotatable bonds is 3. The highest BCUT2D eigenvalue weighted by Gasteiger charge is 2.15. The van der Waals surface area contributed by atoms with Crippen LogP contribution in [0, 0.1) is 5.82 Å². The monoisotopic (exact) mass is 291 g/mol. The van der Waals surface area contributed by atoms with E-state index in [9.17, 15) is 14.0 Å². The molecule has 7 heteroatoms. The van der Waals surface area contributed by atoms with E-state index in [0.29, 0.717) is 0 Å². The maximum absolute atomic E-state index is 12.9. The maximum atomic E-state index is 12.9. The third-order valence-corrected chi connectivity index (χ3v) is 2.29. The van der Waals surface area contributed by atoms with Crippen LogP contribution in [0.15, 0.2) is 16.6 Å². The van der Waals surface area contributed by atoms with Gasteiger partial charge < -0.3 is 15.6 Å². The van der Waals surface area contributed by atoms with Gasteiger partial charge in [0.05, 0.1) is 11.3 Å². The second kappa shape index (κ2) is 4.93. The molecule has 0 amide bonds. The molecule has 0 atom stereocenters. The fourth-order valence-electron chi connectivity index (χ4n) is 0.927. The number of hydrogen-bond acceptors (Lipinski definition) is 4. The van der Waals surface area contributed by atoms with Crippen LogP contribution in [0.25, 0.3) is 0 Å². The molecular weight excluding hydrogens is 285 g/mol. The van der Waals surface area contributed by atoms with Gasteiger partial charge in [-0.05, 0) is 28.1 Å². The molecule has 0 unspecified atom stereocenters. The largest absolute Gasteiger partial charge is 0.479 e. The molecular formula is C9H7BrFNO4. The van der Waals surface area contributed by atoms with Gasteiger partial charge >= 0.3 is 11.9 Å². The molecule has 16 heavy (non-hydrogen) atoms. The average Bonchev–Trinajstić information content (AvgIpc) is 2.20. The molecule has 0 saturated heterocycles. The van der Waals surface area contributed by atoms with Crippen molar-refractivity contribution in [3.8, 4) is 0 Å². The van der Waals surface area contributed by atoms with E-state index in [4.69, 9.17) is 10.8 Å². The number of benzene rings is 1. The number of anilines is 1. The van der Waals surface area contributed by atoms with Gasteiger partial charge in [0.1, 0.15) is 5.82 Å². The Bertz CT molecular complexity index is 449. The van der Waals surface area contributed by atoms with Gasteiger partial charge in [0.25, 0.3) is 0 Å². The number of aliphatic carboxylic acids is 1. The Kier molecular flexibility index (Phi) is 3.83. The van der Waals surface area contributed by atoms with Crippen molar-refractivity contribution in [1.82, 2.24) is 0 Å². The van der Waals surface area contributed by atoms with E-state index >= 15 is 0 Å². The molecule has 0 spiro atoms. The standard InChI is InChI=1S/C9H7BrFNO4/c10-5-2-6(11)7(12)1-4(5)9(15)16-3-8(13)14/h1-2H,3,12H2,(H,13,14). The lowest BCUT2D eigenvalue weighted by Gasteiger charge is -2.05. The van der Waals surface area contributed by atoms with Crippen molar-refractivity contribution in [3.63, 3.8) is 0 Å². The highest BCUT2D eigenvalue weighted by molar-refractivity contribution is 9.10. The maximum Gasteiger partial charge on any atom is 0.341 e. The number of nitrogens with two attached hydrogens (primary N) is 1. The molecule has 0 fully saturated rings. The summed E-state index contributed by atoms with van der Waals surface area (Å²) in [6.45, 7) is -0.761. The first-order valence-corrected chi connectivity index (χ1v) is 4.84. The number of carboxylic acids is 1. The van der Waals surface area contributed by atoms with Crippen LogP contribution in [0.4, 0.5) is 10.1 Å². The summed E-state index contributed by atoms with van der Waals surface area (Å²) in [6, 6.07) is 2.08. The zero-order valence-electron chi connectivity index (χ0n) is 7.87. The normalized spacial score (nSPS) is 9.88. The fraction of sp³-hybridized carbons (Fsp3) is 0.111. The summed E-state index contributed by atoms with van der Waals surface area (Å²) >= 11 is 2.95. The molecule has 86 valence electrons. The highest BCUT2D eigenvalue weighted by atomic mass is 79.9. The molecule has 1 aromatic rings. The van der Waals surface area contributed by atoms with E-state index in [2.05, 4.69) is 20.7 Å². The third kappa shape index (κ3) is 2.93. The lowest BCUT2D eigenvalue weighted by molar-refractivity contribution is -0.140. The van der Waals surface area contributed by atoms with Crippen LogP contribution >= 0.6 is 15.9 Å². The summed E-state index contributed by atoms with van der Waals surface area (Å²) in [4.78, 5) is 21.5. The van der Waals surface area contributed by atoms with E-state index < -0.39 is 24.4 Å². The summed E-state index contributed by atoms with van der Waals surface area (Å²) in [6.07, 6.45) is 0. The van der Waals surface area contributed by atoms with E-state index in [0.717, 1.165) is 12.1 Å². The minimum Gasteiger partial charge on any atom is -0.479 e. The summed E-state index contributed by atoms with van der Waals surface area (Å²) < 4.78 is 17.5. The summed E-state index contributed by atoms with van der Waals surface area (Å²) in [7, 11) is 0. The van der Waals surface area contributed by atoms with Gasteiger partial charge in [-0.2, -0.15) is 0 Å². The van der Waals surface area contributed by atoms with Crippen LogP contribution in [0.1, 0.15) is 10.4 Å². The lowest BCUT2D eigenvalue weighted by Crippen LogP contribution is -2.14. The van der Waals surface area contributed by atoms with E-state index in [1.807, 2.05) is 0 Å². The first-order valence-electron chi connectivity index (χ1n) is 4.05. The van der Waals surface area contributed by atoms with Crippen molar-refractivity contribution in [2.75, 3.05) is 12.3 Å². The number of ether oxygens (including phenoxy) is 1. The van der Waals surface area contributed by atoms with Gasteiger partial charge in [-0.1, -0.05) is 0 Å². The first kappa shape index (κ1) is 12.4. The minimum atomic E-state index is -1.28. The predicted octanol–water partition coefficient (Wildman–Crippen LogP) is 1.41. The van der Waals surface area contributed by atoms with Crippen LogP contribution in [0.2, 0.25) is 0 Å².